The molecular weight excluding hydrogens is 357 g/mol. The van der Waals surface area contributed by atoms with Crippen LogP contribution < -0.4 is 4.74 Å². The summed E-state index contributed by atoms with van der Waals surface area (Å²) in [6.45, 7) is 0.909. The molecule has 27 heavy (non-hydrogen) atoms. The molecule has 0 bridgehead atoms. The first-order valence-corrected chi connectivity index (χ1v) is 8.10. The lowest BCUT2D eigenvalue weighted by atomic mass is 10.1. The van der Waals surface area contributed by atoms with Crippen molar-refractivity contribution in [3.63, 3.8) is 0 Å². The molecular formula is C17H14FN5O4. The number of rotatable bonds is 5. The van der Waals surface area contributed by atoms with Crippen LogP contribution in [0.3, 0.4) is 0 Å². The Kier molecular flexibility index (Phi) is 4.47. The van der Waals surface area contributed by atoms with Gasteiger partial charge in [0, 0.05) is 28.5 Å². The number of nitro groups is 1. The van der Waals surface area contributed by atoms with Crippen LogP contribution in [0, 0.1) is 15.9 Å². The first-order valence-electron chi connectivity index (χ1n) is 8.10. The van der Waals surface area contributed by atoms with Crippen molar-refractivity contribution in [1.82, 2.24) is 19.5 Å². The second-order valence-corrected chi connectivity index (χ2v) is 5.97. The van der Waals surface area contributed by atoms with Gasteiger partial charge in [-0.05, 0) is 17.1 Å². The number of imidazole rings is 1. The Morgan fingerprint density at radius 3 is 2.96 bits per heavy atom. The fourth-order valence-electron chi connectivity index (χ4n) is 2.71. The van der Waals surface area contributed by atoms with Crippen LogP contribution in [-0.2, 0) is 17.9 Å². The van der Waals surface area contributed by atoms with E-state index in [9.17, 15) is 14.5 Å². The number of fused-ring (bicyclic) bond motifs is 1. The maximum Gasteiger partial charge on any atom is 0.414 e. The van der Waals surface area contributed by atoms with Crippen molar-refractivity contribution in [2.75, 3.05) is 6.61 Å². The van der Waals surface area contributed by atoms with E-state index in [4.69, 9.17) is 9.47 Å². The Bertz CT molecular complexity index is 976. The first-order chi connectivity index (χ1) is 13.1. The molecule has 10 heteroatoms. The van der Waals surface area contributed by atoms with Crippen LogP contribution in [0.1, 0.15) is 5.69 Å². The molecule has 3 aromatic heterocycles. The lowest BCUT2D eigenvalue weighted by molar-refractivity contribution is -0.389. The summed E-state index contributed by atoms with van der Waals surface area (Å²) in [4.78, 5) is 22.1. The zero-order valence-corrected chi connectivity index (χ0v) is 14.0. The van der Waals surface area contributed by atoms with E-state index in [0.29, 0.717) is 17.8 Å². The fourth-order valence-corrected chi connectivity index (χ4v) is 2.71. The average molecular weight is 371 g/mol. The van der Waals surface area contributed by atoms with Gasteiger partial charge in [-0.1, -0.05) is 6.07 Å². The maximum absolute atomic E-state index is 13.3. The minimum Gasteiger partial charge on any atom is -0.443 e. The van der Waals surface area contributed by atoms with Gasteiger partial charge < -0.3 is 19.6 Å². The molecule has 0 aliphatic carbocycles. The van der Waals surface area contributed by atoms with Gasteiger partial charge in [-0.2, -0.15) is 0 Å². The van der Waals surface area contributed by atoms with E-state index < -0.39 is 10.7 Å². The Labute approximate surface area is 152 Å². The molecule has 138 valence electrons. The smallest absolute Gasteiger partial charge is 0.414 e. The topological polar surface area (TPSA) is 105 Å². The summed E-state index contributed by atoms with van der Waals surface area (Å²) in [6, 6.07) is 5.21. The van der Waals surface area contributed by atoms with Gasteiger partial charge in [0.15, 0.2) is 0 Å². The van der Waals surface area contributed by atoms with Gasteiger partial charge in [-0.3, -0.25) is 14.5 Å². The summed E-state index contributed by atoms with van der Waals surface area (Å²) in [5, 5.41) is 10.8. The number of ether oxygens (including phenoxy) is 2. The van der Waals surface area contributed by atoms with Crippen LogP contribution in [0.25, 0.3) is 11.1 Å². The highest BCUT2D eigenvalue weighted by Crippen LogP contribution is 2.23. The van der Waals surface area contributed by atoms with Gasteiger partial charge in [0.05, 0.1) is 25.0 Å². The van der Waals surface area contributed by atoms with Crippen LogP contribution in [0.15, 0.2) is 43.0 Å². The molecule has 4 rings (SSSR count). The Morgan fingerprint density at radius 2 is 2.22 bits per heavy atom. The molecule has 3 aromatic rings. The fraction of sp³-hybridized carbons (Fsp3) is 0.235. The molecule has 0 N–H and O–H groups in total. The Morgan fingerprint density at radius 1 is 1.33 bits per heavy atom. The molecule has 1 aliphatic rings. The van der Waals surface area contributed by atoms with E-state index in [1.54, 1.807) is 23.0 Å². The van der Waals surface area contributed by atoms with Crippen molar-refractivity contribution in [1.29, 1.82) is 0 Å². The molecule has 0 fully saturated rings. The summed E-state index contributed by atoms with van der Waals surface area (Å²) in [5.74, 6) is -0.661. The monoisotopic (exact) mass is 371 g/mol. The van der Waals surface area contributed by atoms with Crippen LogP contribution in [-0.4, -0.2) is 37.2 Å². The van der Waals surface area contributed by atoms with Crippen LogP contribution in [0.5, 0.6) is 6.01 Å². The van der Waals surface area contributed by atoms with Crippen molar-refractivity contribution in [2.45, 2.75) is 19.3 Å². The molecule has 9 nitrogen and oxygen atoms in total. The minimum absolute atomic E-state index is 0.215. The Hall–Kier alpha value is -3.40. The zero-order valence-electron chi connectivity index (χ0n) is 14.0. The average Bonchev–Trinajstić information content (AvgIpc) is 3.10. The van der Waals surface area contributed by atoms with Gasteiger partial charge in [0.25, 0.3) is 0 Å². The van der Waals surface area contributed by atoms with Gasteiger partial charge >= 0.3 is 11.8 Å². The SMILES string of the molecule is O=[N+]([O-])c1cn2c(n1)OC[C@@H](OCc1ccc(-c3cncc(F)c3)cn1)C2. The molecule has 0 radical (unpaired) electrons. The van der Waals surface area contributed by atoms with E-state index in [-0.39, 0.29) is 31.1 Å². The molecule has 0 unspecified atom stereocenters. The predicted molar refractivity (Wildman–Crippen MR) is 90.4 cm³/mol. The highest BCUT2D eigenvalue weighted by Gasteiger charge is 2.28. The number of halogens is 1. The molecule has 1 aliphatic heterocycles. The first kappa shape index (κ1) is 17.0. The van der Waals surface area contributed by atoms with Crippen LogP contribution in [0.2, 0.25) is 0 Å². The molecule has 4 heterocycles. The number of nitrogens with zero attached hydrogens (tertiary/aromatic N) is 5. The third-order valence-electron chi connectivity index (χ3n) is 4.04. The van der Waals surface area contributed by atoms with Crippen molar-refractivity contribution < 1.29 is 18.8 Å². The number of pyridine rings is 2. The van der Waals surface area contributed by atoms with Crippen molar-refractivity contribution >= 4 is 5.82 Å². The summed E-state index contributed by atoms with van der Waals surface area (Å²) in [7, 11) is 0. The highest BCUT2D eigenvalue weighted by atomic mass is 19.1. The largest absolute Gasteiger partial charge is 0.443 e. The molecule has 0 saturated heterocycles. The standard InChI is InChI=1S/C17H14FN5O4/c18-13-3-12(4-19-6-13)11-1-2-14(20-5-11)9-26-15-7-22-8-16(23(24)25)21-17(22)27-10-15/h1-6,8,15H,7,9-10H2/t15-/m0/s1. The summed E-state index contributed by atoms with van der Waals surface area (Å²) in [5.41, 5.74) is 2.09. The van der Waals surface area contributed by atoms with E-state index in [2.05, 4.69) is 15.0 Å². The molecule has 0 aromatic carbocycles. The minimum atomic E-state index is -0.565. The van der Waals surface area contributed by atoms with Crippen molar-refractivity contribution in [3.8, 4) is 17.1 Å². The van der Waals surface area contributed by atoms with Crippen LogP contribution in [0.4, 0.5) is 10.2 Å². The number of hydrogen-bond acceptors (Lipinski definition) is 7. The maximum atomic E-state index is 13.3. The molecule has 0 amide bonds. The normalized spacial score (nSPS) is 15.8. The lowest BCUT2D eigenvalue weighted by Crippen LogP contribution is -2.32. The van der Waals surface area contributed by atoms with E-state index >= 15 is 0 Å². The van der Waals surface area contributed by atoms with Crippen molar-refractivity contribution in [2.24, 2.45) is 0 Å². The van der Waals surface area contributed by atoms with E-state index in [1.165, 1.54) is 12.3 Å². The van der Waals surface area contributed by atoms with Crippen LogP contribution >= 0.6 is 0 Å². The lowest BCUT2D eigenvalue weighted by Gasteiger charge is -2.22. The molecule has 0 spiro atoms. The van der Waals surface area contributed by atoms with E-state index in [1.807, 2.05) is 6.07 Å². The third kappa shape index (κ3) is 3.75. The summed E-state index contributed by atoms with van der Waals surface area (Å²) in [6.07, 6.45) is 5.39. The zero-order chi connectivity index (χ0) is 18.8. The van der Waals surface area contributed by atoms with Gasteiger partial charge in [0.1, 0.15) is 24.7 Å². The second-order valence-electron chi connectivity index (χ2n) is 5.97. The van der Waals surface area contributed by atoms with Gasteiger partial charge in [0.2, 0.25) is 0 Å². The van der Waals surface area contributed by atoms with Gasteiger partial charge in [-0.25, -0.2) is 4.39 Å². The second kappa shape index (κ2) is 7.08. The predicted octanol–water partition coefficient (Wildman–Crippen LogP) is 2.37. The van der Waals surface area contributed by atoms with E-state index in [0.717, 1.165) is 11.8 Å². The molecule has 0 saturated carbocycles. The van der Waals surface area contributed by atoms with Crippen molar-refractivity contribution in [3.05, 3.63) is 64.6 Å². The Balaban J connectivity index is 1.37. The van der Waals surface area contributed by atoms with Gasteiger partial charge in [-0.15, -0.1) is 0 Å². The number of hydrogen-bond donors (Lipinski definition) is 0. The quantitative estimate of drug-likeness (QED) is 0.501. The third-order valence-corrected chi connectivity index (χ3v) is 4.04. The number of aromatic nitrogens is 4. The molecule has 1 atom stereocenters. The highest BCUT2D eigenvalue weighted by molar-refractivity contribution is 5.61. The summed E-state index contributed by atoms with van der Waals surface area (Å²) < 4.78 is 26.0. The summed E-state index contributed by atoms with van der Waals surface area (Å²) >= 11 is 0.